The van der Waals surface area contributed by atoms with Crippen molar-refractivity contribution in [3.63, 3.8) is 0 Å². The Kier molecular flexibility index (Phi) is 9.07. The minimum Gasteiger partial charge on any atom is -0.480 e. The predicted molar refractivity (Wildman–Crippen MR) is 158 cm³/mol. The van der Waals surface area contributed by atoms with Crippen molar-refractivity contribution in [2.45, 2.75) is 65.0 Å². The van der Waals surface area contributed by atoms with E-state index in [2.05, 4.69) is 60.8 Å². The summed E-state index contributed by atoms with van der Waals surface area (Å²) in [6.07, 6.45) is 8.71. The second-order valence-electron chi connectivity index (χ2n) is 10.8. The molecule has 0 saturated carbocycles. The smallest absolute Gasteiger partial charge is 0.326 e. The van der Waals surface area contributed by atoms with E-state index in [1.54, 1.807) is 17.9 Å². The molecule has 0 radical (unpaired) electrons. The summed E-state index contributed by atoms with van der Waals surface area (Å²) in [6, 6.07) is 5.65. The van der Waals surface area contributed by atoms with Crippen LogP contribution in [-0.4, -0.2) is 82.7 Å². The lowest BCUT2D eigenvalue weighted by Crippen LogP contribution is -2.37. The number of carboxylic acids is 1. The fraction of sp³-hybridized carbons (Fsp3) is 0.517. The minimum absolute atomic E-state index is 0.427. The lowest BCUT2D eigenvalue weighted by atomic mass is 10.1. The van der Waals surface area contributed by atoms with Crippen LogP contribution in [0, 0.1) is 13.8 Å². The lowest BCUT2D eigenvalue weighted by Gasteiger charge is -2.25. The Labute approximate surface area is 240 Å². The quantitative estimate of drug-likeness (QED) is 0.197. The maximum atomic E-state index is 12.2. The molecule has 0 aliphatic carbocycles. The molecule has 0 spiro atoms. The van der Waals surface area contributed by atoms with Gasteiger partial charge in [-0.05, 0) is 76.6 Å². The highest BCUT2D eigenvalue weighted by molar-refractivity contribution is 5.88. The average molecular weight is 561 g/mol. The standard InChI is InChI=1S/C29H40N10O2/c1-20-17-21(2)39(36-20)16-15-38(13-5-4-8-23-10-9-22-7-6-12-30-26(22)34-23)14-11-25(29(40)41)35-27-24-18-33-37(3)28(24)32-19-31-27/h9-10,17-19,25H,4-8,11-16H2,1-3H3,(H,30,34)(H,40,41)(H,31,32,35). The molecule has 0 aromatic carbocycles. The van der Waals surface area contributed by atoms with Gasteiger partial charge in [0.15, 0.2) is 5.65 Å². The van der Waals surface area contributed by atoms with Crippen LogP contribution >= 0.6 is 0 Å². The molecular weight excluding hydrogens is 520 g/mol. The van der Waals surface area contributed by atoms with E-state index in [9.17, 15) is 9.90 Å². The second-order valence-corrected chi connectivity index (χ2v) is 10.8. The van der Waals surface area contributed by atoms with Crippen molar-refractivity contribution >= 4 is 28.6 Å². The number of pyridine rings is 1. The van der Waals surface area contributed by atoms with Crippen molar-refractivity contribution in [3.05, 3.63) is 53.4 Å². The zero-order valence-corrected chi connectivity index (χ0v) is 24.2. The number of anilines is 2. The number of rotatable bonds is 14. The monoisotopic (exact) mass is 560 g/mol. The second kappa shape index (κ2) is 13.1. The van der Waals surface area contributed by atoms with Gasteiger partial charge in [0.25, 0.3) is 0 Å². The van der Waals surface area contributed by atoms with E-state index in [1.807, 2.05) is 11.6 Å². The van der Waals surface area contributed by atoms with E-state index in [0.717, 1.165) is 81.2 Å². The number of nitrogens with zero attached hydrogens (tertiary/aromatic N) is 8. The first-order chi connectivity index (χ1) is 19.9. The molecule has 5 rings (SSSR count). The Hall–Kier alpha value is -4.06. The number of aromatic nitrogens is 7. The van der Waals surface area contributed by atoms with Crippen molar-refractivity contribution in [1.29, 1.82) is 0 Å². The summed E-state index contributed by atoms with van der Waals surface area (Å²) in [4.78, 5) is 28.0. The predicted octanol–water partition coefficient (Wildman–Crippen LogP) is 3.21. The molecule has 0 fully saturated rings. The van der Waals surface area contributed by atoms with E-state index < -0.39 is 12.0 Å². The van der Waals surface area contributed by atoms with Gasteiger partial charge in [0.2, 0.25) is 0 Å². The SMILES string of the molecule is Cc1cc(C)n(CCN(CCCCc2ccc3c(n2)NCCC3)CCC(Nc2ncnc3c2cnn3C)C(=O)O)n1. The molecule has 0 amide bonds. The third kappa shape index (κ3) is 7.18. The molecule has 0 bridgehead atoms. The molecule has 218 valence electrons. The van der Waals surface area contributed by atoms with Gasteiger partial charge >= 0.3 is 5.97 Å². The van der Waals surface area contributed by atoms with Crippen molar-refractivity contribution in [1.82, 2.24) is 39.4 Å². The molecule has 12 nitrogen and oxygen atoms in total. The van der Waals surface area contributed by atoms with Crippen LogP contribution < -0.4 is 10.6 Å². The number of aryl methyl sites for hydroxylation is 5. The number of carboxylic acid groups (broad SMARTS) is 1. The third-order valence-corrected chi connectivity index (χ3v) is 7.71. The first-order valence-corrected chi connectivity index (χ1v) is 14.5. The molecule has 12 heteroatoms. The van der Waals surface area contributed by atoms with Gasteiger partial charge in [-0.15, -0.1) is 0 Å². The Bertz CT molecular complexity index is 1480. The van der Waals surface area contributed by atoms with Crippen LogP contribution in [0.25, 0.3) is 11.0 Å². The highest BCUT2D eigenvalue weighted by Gasteiger charge is 2.21. The topological polar surface area (TPSA) is 139 Å². The highest BCUT2D eigenvalue weighted by atomic mass is 16.4. The zero-order chi connectivity index (χ0) is 28.8. The van der Waals surface area contributed by atoms with Gasteiger partial charge in [-0.2, -0.15) is 10.2 Å². The number of hydrogen-bond donors (Lipinski definition) is 3. The van der Waals surface area contributed by atoms with Crippen LogP contribution in [0.4, 0.5) is 11.6 Å². The Morgan fingerprint density at radius 3 is 2.88 bits per heavy atom. The summed E-state index contributed by atoms with van der Waals surface area (Å²) in [6.45, 7) is 8.10. The zero-order valence-electron chi connectivity index (χ0n) is 24.2. The molecule has 1 atom stereocenters. The molecule has 41 heavy (non-hydrogen) atoms. The van der Waals surface area contributed by atoms with Crippen molar-refractivity contribution in [2.75, 3.05) is 36.8 Å². The van der Waals surface area contributed by atoms with Crippen molar-refractivity contribution in [2.24, 2.45) is 7.05 Å². The Morgan fingerprint density at radius 2 is 2.07 bits per heavy atom. The van der Waals surface area contributed by atoms with E-state index in [-0.39, 0.29) is 0 Å². The number of carbonyl (C=O) groups is 1. The summed E-state index contributed by atoms with van der Waals surface area (Å²) in [5.41, 5.74) is 5.21. The fourth-order valence-corrected chi connectivity index (χ4v) is 5.43. The number of aliphatic carboxylic acids is 1. The number of fused-ring (bicyclic) bond motifs is 2. The first-order valence-electron chi connectivity index (χ1n) is 14.5. The lowest BCUT2D eigenvalue weighted by molar-refractivity contribution is -0.138. The Balaban J connectivity index is 1.20. The minimum atomic E-state index is -0.911. The maximum absolute atomic E-state index is 12.2. The maximum Gasteiger partial charge on any atom is 0.326 e. The van der Waals surface area contributed by atoms with Crippen LogP contribution in [0.2, 0.25) is 0 Å². The molecule has 1 aliphatic rings. The molecule has 4 aromatic rings. The van der Waals surface area contributed by atoms with Crippen LogP contribution in [0.15, 0.2) is 30.7 Å². The molecule has 1 aliphatic heterocycles. The van der Waals surface area contributed by atoms with E-state index in [1.165, 1.54) is 11.9 Å². The van der Waals surface area contributed by atoms with Crippen LogP contribution in [-0.2, 0) is 31.2 Å². The van der Waals surface area contributed by atoms with Gasteiger partial charge in [0.1, 0.15) is 24.0 Å². The van der Waals surface area contributed by atoms with Crippen LogP contribution in [0.5, 0.6) is 0 Å². The van der Waals surface area contributed by atoms with Gasteiger partial charge in [-0.1, -0.05) is 6.07 Å². The van der Waals surface area contributed by atoms with Crippen molar-refractivity contribution in [3.8, 4) is 0 Å². The van der Waals surface area contributed by atoms with Gasteiger partial charge in [-0.25, -0.2) is 19.7 Å². The number of nitrogens with one attached hydrogen (secondary N) is 2. The largest absolute Gasteiger partial charge is 0.480 e. The van der Waals surface area contributed by atoms with Crippen molar-refractivity contribution < 1.29 is 9.90 Å². The molecule has 3 N–H and O–H groups in total. The fourth-order valence-electron chi connectivity index (χ4n) is 5.43. The van der Waals surface area contributed by atoms with E-state index in [0.29, 0.717) is 29.8 Å². The summed E-state index contributed by atoms with van der Waals surface area (Å²) in [5, 5.41) is 26.1. The van der Waals surface area contributed by atoms with E-state index in [4.69, 9.17) is 4.98 Å². The molecular formula is C29H40N10O2. The highest BCUT2D eigenvalue weighted by Crippen LogP contribution is 2.21. The summed E-state index contributed by atoms with van der Waals surface area (Å²) < 4.78 is 3.67. The van der Waals surface area contributed by atoms with Gasteiger partial charge in [0.05, 0.1) is 23.8 Å². The van der Waals surface area contributed by atoms with Gasteiger partial charge in [0, 0.05) is 38.1 Å². The molecule has 1 unspecified atom stereocenters. The normalized spacial score (nSPS) is 13.8. The average Bonchev–Trinajstić information content (AvgIpc) is 3.51. The number of unbranched alkanes of at least 4 members (excludes halogenated alkanes) is 1. The third-order valence-electron chi connectivity index (χ3n) is 7.71. The van der Waals surface area contributed by atoms with Crippen LogP contribution in [0.1, 0.15) is 48.3 Å². The summed E-state index contributed by atoms with van der Waals surface area (Å²) in [7, 11) is 1.80. The molecule has 4 aromatic heterocycles. The Morgan fingerprint density at radius 1 is 1.20 bits per heavy atom. The van der Waals surface area contributed by atoms with Gasteiger partial charge < -0.3 is 20.6 Å². The number of hydrogen-bond acceptors (Lipinski definition) is 9. The summed E-state index contributed by atoms with van der Waals surface area (Å²) in [5.74, 6) is 0.614. The molecule has 5 heterocycles. The summed E-state index contributed by atoms with van der Waals surface area (Å²) >= 11 is 0. The molecule has 0 saturated heterocycles. The van der Waals surface area contributed by atoms with E-state index >= 15 is 0 Å². The van der Waals surface area contributed by atoms with Gasteiger partial charge in [-0.3, -0.25) is 9.36 Å². The van der Waals surface area contributed by atoms with Crippen LogP contribution in [0.3, 0.4) is 0 Å². The first kappa shape index (κ1) is 28.5.